The van der Waals surface area contributed by atoms with Gasteiger partial charge in [0, 0.05) is 12.8 Å². The molecular weight excluding hydrogens is 280 g/mol. The Morgan fingerprint density at radius 3 is 2.91 bits per heavy atom. The average Bonchev–Trinajstić information content (AvgIpc) is 2.89. The first kappa shape index (κ1) is 15.3. The smallest absolute Gasteiger partial charge is 0.155 e. The largest absolute Gasteiger partial charge is 0.295 e. The lowest BCUT2D eigenvalue weighted by molar-refractivity contribution is -0.116. The van der Waals surface area contributed by atoms with Crippen molar-refractivity contribution in [3.05, 3.63) is 23.3 Å². The second-order valence-electron chi connectivity index (χ2n) is 8.33. The fourth-order valence-electron chi connectivity index (χ4n) is 6.29. The lowest BCUT2D eigenvalue weighted by atomic mass is 9.51. The van der Waals surface area contributed by atoms with Gasteiger partial charge in [0.1, 0.15) is 0 Å². The number of rotatable bonds is 1. The van der Waals surface area contributed by atoms with E-state index in [2.05, 4.69) is 24.8 Å². The van der Waals surface area contributed by atoms with Crippen LogP contribution in [0.3, 0.4) is 0 Å². The molecule has 0 aliphatic heterocycles. The van der Waals surface area contributed by atoms with E-state index in [4.69, 9.17) is 0 Å². The van der Waals surface area contributed by atoms with Crippen LogP contribution in [0.4, 0.5) is 0 Å². The van der Waals surface area contributed by atoms with Crippen molar-refractivity contribution < 1.29 is 4.79 Å². The monoisotopic (exact) mass is 308 g/mol. The van der Waals surface area contributed by atoms with Crippen LogP contribution in [-0.2, 0) is 4.79 Å². The van der Waals surface area contributed by atoms with Crippen molar-refractivity contribution in [2.24, 2.45) is 29.1 Å². The van der Waals surface area contributed by atoms with E-state index in [9.17, 15) is 4.79 Å². The maximum absolute atomic E-state index is 11.8. The fraction of sp³-hybridized carbons (Fsp3) is 0.682. The van der Waals surface area contributed by atoms with Crippen LogP contribution in [0, 0.1) is 40.9 Å². The molecule has 1 heteroatoms. The van der Waals surface area contributed by atoms with Crippen LogP contribution in [0.5, 0.6) is 0 Å². The zero-order valence-electron chi connectivity index (χ0n) is 14.5. The Hall–Kier alpha value is -1.29. The van der Waals surface area contributed by atoms with Crippen LogP contribution in [0.25, 0.3) is 0 Å². The highest BCUT2D eigenvalue weighted by Crippen LogP contribution is 2.62. The fourth-order valence-corrected chi connectivity index (χ4v) is 6.29. The molecule has 0 amide bonds. The lowest BCUT2D eigenvalue weighted by Gasteiger charge is -2.53. The second-order valence-corrected chi connectivity index (χ2v) is 8.33. The molecule has 0 aromatic heterocycles. The second kappa shape index (κ2) is 5.66. The van der Waals surface area contributed by atoms with Crippen LogP contribution in [0.1, 0.15) is 65.2 Å². The first-order valence-electron chi connectivity index (χ1n) is 9.46. The Labute approximate surface area is 140 Å². The quantitative estimate of drug-likeness (QED) is 0.488. The van der Waals surface area contributed by atoms with Gasteiger partial charge in [-0.25, -0.2) is 0 Å². The summed E-state index contributed by atoms with van der Waals surface area (Å²) in [6.45, 7) is 4.46. The van der Waals surface area contributed by atoms with Gasteiger partial charge in [0.05, 0.1) is 0 Å². The van der Waals surface area contributed by atoms with E-state index in [1.54, 1.807) is 5.57 Å². The van der Waals surface area contributed by atoms with Crippen molar-refractivity contribution in [2.45, 2.75) is 65.2 Å². The molecular formula is C22H28O. The number of hydrogen-bond donors (Lipinski definition) is 0. The van der Waals surface area contributed by atoms with E-state index < -0.39 is 0 Å². The van der Waals surface area contributed by atoms with E-state index in [-0.39, 0.29) is 0 Å². The van der Waals surface area contributed by atoms with E-state index in [1.807, 2.05) is 13.0 Å². The maximum atomic E-state index is 11.8. The molecule has 122 valence electrons. The predicted molar refractivity (Wildman–Crippen MR) is 93.6 cm³/mol. The topological polar surface area (TPSA) is 17.1 Å². The van der Waals surface area contributed by atoms with Gasteiger partial charge < -0.3 is 0 Å². The molecule has 0 aromatic rings. The number of allylic oxidation sites excluding steroid dienone is 4. The third-order valence-corrected chi connectivity index (χ3v) is 7.50. The molecule has 4 aliphatic carbocycles. The first-order chi connectivity index (χ1) is 11.1. The van der Waals surface area contributed by atoms with Crippen molar-refractivity contribution in [1.29, 1.82) is 0 Å². The summed E-state index contributed by atoms with van der Waals surface area (Å²) in [5, 5.41) is 0. The van der Waals surface area contributed by atoms with Crippen molar-refractivity contribution in [3.63, 3.8) is 0 Å². The van der Waals surface area contributed by atoms with E-state index in [0.29, 0.717) is 11.2 Å². The molecule has 23 heavy (non-hydrogen) atoms. The Morgan fingerprint density at radius 1 is 1.22 bits per heavy atom. The molecule has 0 heterocycles. The molecule has 0 aromatic carbocycles. The molecule has 5 atom stereocenters. The van der Waals surface area contributed by atoms with Gasteiger partial charge in [-0.2, -0.15) is 0 Å². The highest BCUT2D eigenvalue weighted by Gasteiger charge is 2.53. The van der Waals surface area contributed by atoms with Crippen molar-refractivity contribution in [3.8, 4) is 11.8 Å². The van der Waals surface area contributed by atoms with Gasteiger partial charge in [-0.05, 0) is 80.6 Å². The summed E-state index contributed by atoms with van der Waals surface area (Å²) >= 11 is 0. The molecule has 1 nitrogen and oxygen atoms in total. The zero-order valence-corrected chi connectivity index (χ0v) is 14.5. The minimum Gasteiger partial charge on any atom is -0.295 e. The SMILES string of the molecule is CC#CCC1=CC[C@H]2[C@@H]3CCC4=CC(=O)CC[C@@H]4[C@H]3CC[C@]12C. The van der Waals surface area contributed by atoms with Gasteiger partial charge in [-0.1, -0.05) is 30.1 Å². The summed E-state index contributed by atoms with van der Waals surface area (Å²) in [6.07, 6.45) is 13.8. The number of carbonyl (C=O) groups is 1. The number of carbonyl (C=O) groups excluding carboxylic acids is 1. The van der Waals surface area contributed by atoms with Gasteiger partial charge in [0.25, 0.3) is 0 Å². The van der Waals surface area contributed by atoms with Crippen LogP contribution < -0.4 is 0 Å². The van der Waals surface area contributed by atoms with Crippen molar-refractivity contribution in [1.82, 2.24) is 0 Å². The minimum atomic E-state index is 0.373. The molecule has 4 rings (SSSR count). The summed E-state index contributed by atoms with van der Waals surface area (Å²) in [5.41, 5.74) is 3.51. The van der Waals surface area contributed by atoms with Crippen LogP contribution in [0.15, 0.2) is 23.3 Å². The van der Waals surface area contributed by atoms with E-state index in [1.165, 1.54) is 37.7 Å². The number of hydrogen-bond acceptors (Lipinski definition) is 1. The summed E-state index contributed by atoms with van der Waals surface area (Å²) < 4.78 is 0. The highest BCUT2D eigenvalue weighted by molar-refractivity contribution is 5.91. The molecule has 2 fully saturated rings. The molecule has 0 radical (unpaired) electrons. The van der Waals surface area contributed by atoms with Crippen LogP contribution >= 0.6 is 0 Å². The molecule has 0 bridgehead atoms. The third-order valence-electron chi connectivity index (χ3n) is 7.50. The van der Waals surface area contributed by atoms with E-state index in [0.717, 1.165) is 42.9 Å². The molecule has 0 spiro atoms. The van der Waals surface area contributed by atoms with Crippen molar-refractivity contribution >= 4 is 5.78 Å². The molecule has 2 saturated carbocycles. The molecule has 0 saturated heterocycles. The van der Waals surface area contributed by atoms with E-state index >= 15 is 0 Å². The maximum Gasteiger partial charge on any atom is 0.155 e. The molecule has 0 unspecified atom stereocenters. The predicted octanol–water partition coefficient (Wildman–Crippen LogP) is 5.08. The first-order valence-corrected chi connectivity index (χ1v) is 9.46. The van der Waals surface area contributed by atoms with Gasteiger partial charge in [-0.15, -0.1) is 5.92 Å². The number of fused-ring (bicyclic) bond motifs is 5. The normalized spacial score (nSPS) is 41.7. The lowest BCUT2D eigenvalue weighted by Crippen LogP contribution is -2.45. The summed E-state index contributed by atoms with van der Waals surface area (Å²) in [7, 11) is 0. The standard InChI is InChI=1S/C22H28O/c1-3-4-5-16-7-11-21-20-9-6-15-14-17(23)8-10-18(15)19(20)12-13-22(16,21)2/h7,14,18-21H,5-6,8-13H2,1-2H3/t18-,19+,20+,21-,22+/m0/s1. The third kappa shape index (κ3) is 2.34. The zero-order chi connectivity index (χ0) is 16.0. The van der Waals surface area contributed by atoms with Gasteiger partial charge >= 0.3 is 0 Å². The van der Waals surface area contributed by atoms with Crippen molar-refractivity contribution in [2.75, 3.05) is 0 Å². The summed E-state index contributed by atoms with van der Waals surface area (Å²) in [5.74, 6) is 10.0. The summed E-state index contributed by atoms with van der Waals surface area (Å²) in [4.78, 5) is 11.8. The van der Waals surface area contributed by atoms with Gasteiger partial charge in [-0.3, -0.25) is 4.79 Å². The number of ketones is 1. The Morgan fingerprint density at radius 2 is 2.09 bits per heavy atom. The highest BCUT2D eigenvalue weighted by atomic mass is 16.1. The Kier molecular flexibility index (Phi) is 3.75. The van der Waals surface area contributed by atoms with Crippen LogP contribution in [0.2, 0.25) is 0 Å². The van der Waals surface area contributed by atoms with Crippen LogP contribution in [-0.4, -0.2) is 5.78 Å². The Bertz CT molecular complexity index is 641. The average molecular weight is 308 g/mol. The summed E-state index contributed by atoms with van der Waals surface area (Å²) in [6, 6.07) is 0. The van der Waals surface area contributed by atoms with Gasteiger partial charge in [0.2, 0.25) is 0 Å². The van der Waals surface area contributed by atoms with Gasteiger partial charge in [0.15, 0.2) is 5.78 Å². The molecule has 4 aliphatic rings. The Balaban J connectivity index is 1.58. The minimum absolute atomic E-state index is 0.373. The molecule has 0 N–H and O–H groups in total.